The average molecular weight is 257 g/mol. The van der Waals surface area contributed by atoms with Crippen LogP contribution in [0, 0.1) is 0 Å². The highest BCUT2D eigenvalue weighted by atomic mass is 79.9. The monoisotopic (exact) mass is 256 g/mol. The molecule has 0 aliphatic carbocycles. The Kier molecular flexibility index (Phi) is 5.88. The minimum absolute atomic E-state index is 0.874. The van der Waals surface area contributed by atoms with Crippen LogP contribution in [-0.2, 0) is 16.5 Å². The van der Waals surface area contributed by atoms with Gasteiger partial charge in [0.25, 0.3) is 0 Å². The number of hydrogen-bond acceptors (Lipinski definition) is 1. The lowest BCUT2D eigenvalue weighted by atomic mass is 10.1. The van der Waals surface area contributed by atoms with E-state index in [9.17, 15) is 0 Å². The summed E-state index contributed by atoms with van der Waals surface area (Å²) >= 11 is 3.44. The minimum atomic E-state index is 0.874. The maximum Gasteiger partial charge on any atom is 0.0462 e. The van der Waals surface area contributed by atoms with Crippen molar-refractivity contribution < 1.29 is 4.74 Å². The Hall–Kier alpha value is -0.340. The SMILES string of the molecule is COCCCCc1ccc(CBr)cc1. The first-order chi connectivity index (χ1) is 6.86. The van der Waals surface area contributed by atoms with Crippen molar-refractivity contribution in [2.75, 3.05) is 13.7 Å². The summed E-state index contributed by atoms with van der Waals surface area (Å²) in [6.45, 7) is 0.874. The zero-order valence-corrected chi connectivity index (χ0v) is 10.2. The van der Waals surface area contributed by atoms with Gasteiger partial charge >= 0.3 is 0 Å². The molecule has 1 rings (SSSR count). The van der Waals surface area contributed by atoms with Crippen molar-refractivity contribution in [2.45, 2.75) is 24.6 Å². The van der Waals surface area contributed by atoms with E-state index in [2.05, 4.69) is 40.2 Å². The first-order valence-corrected chi connectivity index (χ1v) is 6.11. The number of aryl methyl sites for hydroxylation is 1. The lowest BCUT2D eigenvalue weighted by Gasteiger charge is -2.02. The fourth-order valence-electron chi connectivity index (χ4n) is 1.37. The van der Waals surface area contributed by atoms with Gasteiger partial charge in [-0.05, 0) is 30.4 Å². The first kappa shape index (κ1) is 11.7. The van der Waals surface area contributed by atoms with Crippen LogP contribution in [0.5, 0.6) is 0 Å². The van der Waals surface area contributed by atoms with Crippen LogP contribution in [-0.4, -0.2) is 13.7 Å². The third-order valence-corrected chi connectivity index (χ3v) is 2.89. The number of methoxy groups -OCH3 is 1. The number of ether oxygens (including phenoxy) is 1. The second kappa shape index (κ2) is 7.02. The molecule has 1 aromatic rings. The Morgan fingerprint density at radius 3 is 2.29 bits per heavy atom. The van der Waals surface area contributed by atoms with Gasteiger partial charge in [-0.15, -0.1) is 0 Å². The van der Waals surface area contributed by atoms with Crippen molar-refractivity contribution in [2.24, 2.45) is 0 Å². The predicted molar refractivity (Wildman–Crippen MR) is 63.9 cm³/mol. The van der Waals surface area contributed by atoms with E-state index < -0.39 is 0 Å². The molecule has 0 spiro atoms. The van der Waals surface area contributed by atoms with Crippen LogP contribution in [0.4, 0.5) is 0 Å². The molecule has 0 aromatic heterocycles. The molecule has 1 aromatic carbocycles. The van der Waals surface area contributed by atoms with E-state index in [0.717, 1.165) is 24.8 Å². The van der Waals surface area contributed by atoms with Gasteiger partial charge in [0.1, 0.15) is 0 Å². The summed E-state index contributed by atoms with van der Waals surface area (Å²) in [5, 5.41) is 0.941. The van der Waals surface area contributed by atoms with E-state index in [1.165, 1.54) is 17.5 Å². The molecule has 78 valence electrons. The molecule has 0 N–H and O–H groups in total. The Labute approximate surface area is 94.6 Å². The van der Waals surface area contributed by atoms with Crippen LogP contribution < -0.4 is 0 Å². The second-order valence-corrected chi connectivity index (χ2v) is 3.96. The number of rotatable bonds is 6. The molecule has 2 heteroatoms. The van der Waals surface area contributed by atoms with Gasteiger partial charge in [0.2, 0.25) is 0 Å². The van der Waals surface area contributed by atoms with E-state index in [0.29, 0.717) is 0 Å². The average Bonchev–Trinajstić information content (AvgIpc) is 2.25. The van der Waals surface area contributed by atoms with Gasteiger partial charge in [-0.2, -0.15) is 0 Å². The molecule has 0 heterocycles. The molecular weight excluding hydrogens is 240 g/mol. The topological polar surface area (TPSA) is 9.23 Å². The number of hydrogen-bond donors (Lipinski definition) is 0. The van der Waals surface area contributed by atoms with Gasteiger partial charge in [-0.25, -0.2) is 0 Å². The second-order valence-electron chi connectivity index (χ2n) is 3.40. The fourth-order valence-corrected chi connectivity index (χ4v) is 1.74. The standard InChI is InChI=1S/C12H17BrO/c1-14-9-3-2-4-11-5-7-12(10-13)8-6-11/h5-8H,2-4,9-10H2,1H3. The molecule has 0 saturated carbocycles. The van der Waals surface area contributed by atoms with E-state index in [1.807, 2.05) is 0 Å². The number of unbranched alkanes of at least 4 members (excludes halogenated alkanes) is 1. The van der Waals surface area contributed by atoms with E-state index in [-0.39, 0.29) is 0 Å². The summed E-state index contributed by atoms with van der Waals surface area (Å²) in [6.07, 6.45) is 3.52. The molecule has 0 aliphatic rings. The predicted octanol–water partition coefficient (Wildman–Crippen LogP) is 3.55. The smallest absolute Gasteiger partial charge is 0.0462 e. The van der Waals surface area contributed by atoms with Crippen LogP contribution in [0.3, 0.4) is 0 Å². The molecule has 0 aliphatic heterocycles. The Morgan fingerprint density at radius 2 is 1.71 bits per heavy atom. The third kappa shape index (κ3) is 4.25. The number of alkyl halides is 1. The number of halogens is 1. The van der Waals surface area contributed by atoms with Crippen molar-refractivity contribution in [3.63, 3.8) is 0 Å². The highest BCUT2D eigenvalue weighted by Gasteiger charge is 1.94. The van der Waals surface area contributed by atoms with Crippen molar-refractivity contribution in [1.82, 2.24) is 0 Å². The van der Waals surface area contributed by atoms with Gasteiger partial charge in [0.05, 0.1) is 0 Å². The quantitative estimate of drug-likeness (QED) is 0.559. The summed E-state index contributed by atoms with van der Waals surface area (Å²) in [7, 11) is 1.75. The van der Waals surface area contributed by atoms with Gasteiger partial charge in [0, 0.05) is 19.0 Å². The number of benzene rings is 1. The molecule has 0 radical (unpaired) electrons. The Morgan fingerprint density at radius 1 is 1.07 bits per heavy atom. The summed E-state index contributed by atoms with van der Waals surface area (Å²) in [5.74, 6) is 0. The van der Waals surface area contributed by atoms with Crippen molar-refractivity contribution in [3.8, 4) is 0 Å². The van der Waals surface area contributed by atoms with Crippen LogP contribution in [0.15, 0.2) is 24.3 Å². The van der Waals surface area contributed by atoms with E-state index in [4.69, 9.17) is 4.74 Å². The first-order valence-electron chi connectivity index (χ1n) is 4.99. The lowest BCUT2D eigenvalue weighted by molar-refractivity contribution is 0.193. The van der Waals surface area contributed by atoms with Crippen LogP contribution in [0.2, 0.25) is 0 Å². The largest absolute Gasteiger partial charge is 0.385 e. The zero-order valence-electron chi connectivity index (χ0n) is 8.63. The molecule has 0 unspecified atom stereocenters. The molecule has 0 amide bonds. The molecule has 0 fully saturated rings. The van der Waals surface area contributed by atoms with Gasteiger partial charge in [0.15, 0.2) is 0 Å². The van der Waals surface area contributed by atoms with Crippen LogP contribution >= 0.6 is 15.9 Å². The molecule has 0 atom stereocenters. The molecular formula is C12H17BrO. The molecule has 1 nitrogen and oxygen atoms in total. The van der Waals surface area contributed by atoms with Crippen LogP contribution in [0.25, 0.3) is 0 Å². The highest BCUT2D eigenvalue weighted by Crippen LogP contribution is 2.10. The summed E-state index contributed by atoms with van der Waals surface area (Å²) in [4.78, 5) is 0. The van der Waals surface area contributed by atoms with Gasteiger partial charge in [-0.3, -0.25) is 0 Å². The van der Waals surface area contributed by atoms with Crippen molar-refractivity contribution >= 4 is 15.9 Å². The third-order valence-electron chi connectivity index (χ3n) is 2.24. The zero-order chi connectivity index (χ0) is 10.2. The Bertz CT molecular complexity index is 243. The van der Waals surface area contributed by atoms with E-state index >= 15 is 0 Å². The molecule has 14 heavy (non-hydrogen) atoms. The Balaban J connectivity index is 2.29. The molecule has 0 bridgehead atoms. The maximum atomic E-state index is 5.01. The van der Waals surface area contributed by atoms with Crippen molar-refractivity contribution in [3.05, 3.63) is 35.4 Å². The lowest BCUT2D eigenvalue weighted by Crippen LogP contribution is -1.91. The van der Waals surface area contributed by atoms with Crippen LogP contribution in [0.1, 0.15) is 24.0 Å². The van der Waals surface area contributed by atoms with E-state index in [1.54, 1.807) is 7.11 Å². The fraction of sp³-hybridized carbons (Fsp3) is 0.500. The molecule has 0 saturated heterocycles. The minimum Gasteiger partial charge on any atom is -0.385 e. The van der Waals surface area contributed by atoms with Gasteiger partial charge < -0.3 is 4.74 Å². The normalized spacial score (nSPS) is 10.4. The summed E-state index contributed by atoms with van der Waals surface area (Å²) < 4.78 is 5.01. The maximum absolute atomic E-state index is 5.01. The summed E-state index contributed by atoms with van der Waals surface area (Å²) in [6, 6.07) is 8.79. The summed E-state index contributed by atoms with van der Waals surface area (Å²) in [5.41, 5.74) is 2.76. The van der Waals surface area contributed by atoms with Gasteiger partial charge in [-0.1, -0.05) is 40.2 Å². The highest BCUT2D eigenvalue weighted by molar-refractivity contribution is 9.08. The van der Waals surface area contributed by atoms with Crippen molar-refractivity contribution in [1.29, 1.82) is 0 Å².